The van der Waals surface area contributed by atoms with E-state index >= 15 is 4.39 Å². The summed E-state index contributed by atoms with van der Waals surface area (Å²) in [6.45, 7) is 5.34. The molecule has 2 atom stereocenters. The maximum absolute atomic E-state index is 15.4. The van der Waals surface area contributed by atoms with E-state index in [1.165, 1.54) is 12.1 Å². The summed E-state index contributed by atoms with van der Waals surface area (Å²) in [5.41, 5.74) is 0.196. The zero-order valence-electron chi connectivity index (χ0n) is 25.8. The van der Waals surface area contributed by atoms with Gasteiger partial charge in [-0.1, -0.05) is 26.8 Å². The van der Waals surface area contributed by atoms with Crippen molar-refractivity contribution in [3.05, 3.63) is 52.6 Å². The van der Waals surface area contributed by atoms with Gasteiger partial charge in [-0.25, -0.2) is 18.2 Å². The van der Waals surface area contributed by atoms with Gasteiger partial charge in [0.15, 0.2) is 5.82 Å². The fourth-order valence-corrected chi connectivity index (χ4v) is 5.96. The predicted molar refractivity (Wildman–Crippen MR) is 161 cm³/mol. The van der Waals surface area contributed by atoms with Gasteiger partial charge in [-0.2, -0.15) is 13.2 Å². The molecule has 1 aliphatic heterocycles. The first-order valence-electron chi connectivity index (χ1n) is 15.4. The van der Waals surface area contributed by atoms with Crippen molar-refractivity contribution in [3.63, 3.8) is 0 Å². The molecule has 0 radical (unpaired) electrons. The number of carbonyl (C=O) groups excluding carboxylic acids is 2. The molecule has 1 saturated heterocycles. The van der Waals surface area contributed by atoms with Gasteiger partial charge in [0.2, 0.25) is 11.9 Å². The molecule has 2 fully saturated rings. The third-order valence-corrected chi connectivity index (χ3v) is 8.67. The van der Waals surface area contributed by atoms with Crippen LogP contribution in [0.5, 0.6) is 0 Å². The number of imidazole rings is 1. The van der Waals surface area contributed by atoms with E-state index in [4.69, 9.17) is 0 Å². The van der Waals surface area contributed by atoms with Crippen LogP contribution in [0.4, 0.5) is 38.0 Å². The van der Waals surface area contributed by atoms with Gasteiger partial charge in [0.25, 0.3) is 5.91 Å². The molecule has 250 valence electrons. The van der Waals surface area contributed by atoms with Crippen molar-refractivity contribution < 1.29 is 35.9 Å². The molecule has 3 aromatic rings. The highest BCUT2D eigenvalue weighted by atomic mass is 19.4. The number of halogens is 6. The molecule has 14 heteroatoms. The summed E-state index contributed by atoms with van der Waals surface area (Å²) in [6, 6.07) is 4.44. The van der Waals surface area contributed by atoms with Crippen molar-refractivity contribution >= 4 is 34.5 Å². The molecule has 2 aliphatic rings. The fourth-order valence-electron chi connectivity index (χ4n) is 5.96. The number of alkyl halides is 4. The number of hydrogen-bond acceptors (Lipinski definition) is 5. The zero-order valence-corrected chi connectivity index (χ0v) is 25.8. The third-order valence-electron chi connectivity index (χ3n) is 8.67. The minimum absolute atomic E-state index is 0.0300. The average Bonchev–Trinajstić information content (AvgIpc) is 3.39. The molecule has 5 rings (SSSR count). The van der Waals surface area contributed by atoms with Gasteiger partial charge in [0.1, 0.15) is 17.7 Å². The quantitative estimate of drug-likeness (QED) is 0.179. The summed E-state index contributed by atoms with van der Waals surface area (Å²) >= 11 is 0. The number of nitrogens with zero attached hydrogens (tertiary/aromatic N) is 1. The summed E-state index contributed by atoms with van der Waals surface area (Å²) in [5, 5.41) is 11.3. The van der Waals surface area contributed by atoms with Crippen molar-refractivity contribution in [1.29, 1.82) is 0 Å². The molecule has 5 N–H and O–H groups in total. The molecular formula is C32H38F6N6O2. The molecule has 46 heavy (non-hydrogen) atoms. The second-order valence-corrected chi connectivity index (χ2v) is 13.2. The number of nitrogens with one attached hydrogen (secondary N) is 5. The SMILES string of the molecule is CC(C)(C)C(=O)NCc1ccc(F)c(Nc2nc3cc(C(=O)NC4CCC(C(F)(F)F)CC4)c(C4CC(F)CCN4)cc3[nH]2)c1F. The Morgan fingerprint density at radius 1 is 1.02 bits per heavy atom. The second-order valence-electron chi connectivity index (χ2n) is 13.2. The van der Waals surface area contributed by atoms with Crippen molar-refractivity contribution in [3.8, 4) is 0 Å². The summed E-state index contributed by atoms with van der Waals surface area (Å²) in [7, 11) is 0. The number of fused-ring (bicyclic) bond motifs is 1. The van der Waals surface area contributed by atoms with Crippen LogP contribution < -0.4 is 21.3 Å². The first kappa shape index (κ1) is 33.6. The molecular weight excluding hydrogens is 614 g/mol. The Bertz CT molecular complexity index is 1590. The molecule has 2 unspecified atom stereocenters. The number of piperidine rings is 1. The Morgan fingerprint density at radius 2 is 1.74 bits per heavy atom. The second kappa shape index (κ2) is 13.1. The van der Waals surface area contributed by atoms with E-state index in [1.54, 1.807) is 26.8 Å². The molecule has 1 aromatic heterocycles. The van der Waals surface area contributed by atoms with Crippen molar-refractivity contribution in [1.82, 2.24) is 25.9 Å². The van der Waals surface area contributed by atoms with Gasteiger partial charge in [-0.15, -0.1) is 0 Å². The number of aromatic nitrogens is 2. The van der Waals surface area contributed by atoms with E-state index in [0.29, 0.717) is 24.0 Å². The van der Waals surface area contributed by atoms with Crippen LogP contribution in [0.15, 0.2) is 24.3 Å². The lowest BCUT2D eigenvalue weighted by molar-refractivity contribution is -0.182. The fraction of sp³-hybridized carbons (Fsp3) is 0.531. The summed E-state index contributed by atoms with van der Waals surface area (Å²) < 4.78 is 84.0. The van der Waals surface area contributed by atoms with Gasteiger partial charge >= 0.3 is 6.18 Å². The van der Waals surface area contributed by atoms with Crippen LogP contribution in [0.3, 0.4) is 0 Å². The summed E-state index contributed by atoms with van der Waals surface area (Å²) in [6.07, 6.45) is -4.76. The van der Waals surface area contributed by atoms with Crippen LogP contribution in [-0.2, 0) is 11.3 Å². The van der Waals surface area contributed by atoms with Crippen molar-refractivity contribution in [2.45, 2.75) is 90.3 Å². The molecule has 1 saturated carbocycles. The molecule has 8 nitrogen and oxygen atoms in total. The van der Waals surface area contributed by atoms with Gasteiger partial charge < -0.3 is 26.3 Å². The normalized spacial score (nSPS) is 22.5. The average molecular weight is 653 g/mol. The maximum Gasteiger partial charge on any atom is 0.391 e. The number of carbonyl (C=O) groups is 2. The lowest BCUT2D eigenvalue weighted by atomic mass is 9.85. The largest absolute Gasteiger partial charge is 0.391 e. The minimum atomic E-state index is -4.27. The molecule has 0 spiro atoms. The molecule has 0 bridgehead atoms. The molecule has 2 heterocycles. The number of amides is 2. The van der Waals surface area contributed by atoms with Crippen LogP contribution in [0, 0.1) is 23.0 Å². The Kier molecular flexibility index (Phi) is 9.57. The number of benzene rings is 2. The molecule has 1 aliphatic carbocycles. The first-order chi connectivity index (χ1) is 21.6. The lowest BCUT2D eigenvalue weighted by Crippen LogP contribution is -2.41. The van der Waals surface area contributed by atoms with Crippen molar-refractivity contribution in [2.75, 3.05) is 11.9 Å². The lowest BCUT2D eigenvalue weighted by Gasteiger charge is -2.31. The Labute approximate surface area is 262 Å². The van der Waals surface area contributed by atoms with Gasteiger partial charge in [0.05, 0.1) is 17.0 Å². The number of rotatable bonds is 7. The highest BCUT2D eigenvalue weighted by Crippen LogP contribution is 2.38. The third kappa shape index (κ3) is 7.59. The van der Waals surface area contributed by atoms with E-state index in [0.717, 1.165) is 6.07 Å². The van der Waals surface area contributed by atoms with Gasteiger partial charge in [0, 0.05) is 35.2 Å². The minimum Gasteiger partial charge on any atom is -0.351 e. The van der Waals surface area contributed by atoms with Crippen LogP contribution in [0.2, 0.25) is 0 Å². The zero-order chi connectivity index (χ0) is 33.4. The van der Waals surface area contributed by atoms with Crippen LogP contribution in [0.1, 0.15) is 86.8 Å². The van der Waals surface area contributed by atoms with E-state index in [1.807, 2.05) is 0 Å². The van der Waals surface area contributed by atoms with Crippen LogP contribution >= 0.6 is 0 Å². The van der Waals surface area contributed by atoms with Crippen LogP contribution in [-0.4, -0.2) is 46.7 Å². The standard InChI is InChI=1S/C32H38F6N6O2/c1-31(2,3)29(46)40-15-16-4-9-22(34)27(26(16)35)44-30-42-24-13-20(23-12-18(33)10-11-39-23)21(14-25(24)43-30)28(45)41-19-7-5-17(6-8-19)32(36,37)38/h4,9,13-14,17-19,23,39H,5-8,10-12,15H2,1-3H3,(H,40,46)(H,41,45)(H2,42,43,44). The Balaban J connectivity index is 1.41. The number of H-pyrrole nitrogens is 1. The Hall–Kier alpha value is -3.81. The number of hydrogen-bond donors (Lipinski definition) is 5. The highest BCUT2D eigenvalue weighted by molar-refractivity contribution is 5.99. The smallest absolute Gasteiger partial charge is 0.351 e. The topological polar surface area (TPSA) is 111 Å². The number of anilines is 2. The van der Waals surface area contributed by atoms with Gasteiger partial charge in [-0.05, 0) is 68.8 Å². The first-order valence-corrected chi connectivity index (χ1v) is 15.4. The summed E-state index contributed by atoms with van der Waals surface area (Å²) in [5.74, 6) is -4.07. The Morgan fingerprint density at radius 3 is 2.39 bits per heavy atom. The van der Waals surface area contributed by atoms with Crippen molar-refractivity contribution in [2.24, 2.45) is 11.3 Å². The van der Waals surface area contributed by atoms with E-state index < -0.39 is 59.0 Å². The van der Waals surface area contributed by atoms with E-state index in [9.17, 15) is 31.5 Å². The number of aromatic amines is 1. The molecule has 2 amide bonds. The monoisotopic (exact) mass is 652 g/mol. The van der Waals surface area contributed by atoms with Crippen LogP contribution in [0.25, 0.3) is 11.0 Å². The van der Waals surface area contributed by atoms with Gasteiger partial charge in [-0.3, -0.25) is 9.59 Å². The molecule has 2 aromatic carbocycles. The highest BCUT2D eigenvalue weighted by Gasteiger charge is 2.41. The summed E-state index contributed by atoms with van der Waals surface area (Å²) in [4.78, 5) is 33.1. The maximum atomic E-state index is 15.4. The van der Waals surface area contributed by atoms with E-state index in [2.05, 4.69) is 31.2 Å². The predicted octanol–water partition coefficient (Wildman–Crippen LogP) is 6.86. The van der Waals surface area contributed by atoms with E-state index in [-0.39, 0.29) is 67.1 Å².